The molecule has 0 aliphatic carbocycles. The number of nitrogens with two attached hydrogens (primary N) is 1. The van der Waals surface area contributed by atoms with E-state index < -0.39 is 12.0 Å². The summed E-state index contributed by atoms with van der Waals surface area (Å²) in [5.74, 6) is 0.336. The molecule has 0 aliphatic rings. The van der Waals surface area contributed by atoms with Gasteiger partial charge in [-0.05, 0) is 24.1 Å². The summed E-state index contributed by atoms with van der Waals surface area (Å²) in [5, 5.41) is 9.68. The van der Waals surface area contributed by atoms with Gasteiger partial charge in [0.25, 0.3) is 0 Å². The maximum absolute atomic E-state index is 10.5. The van der Waals surface area contributed by atoms with Crippen LogP contribution < -0.4 is 10.5 Å². The molecule has 1 unspecified atom stereocenters. The number of hydrogen-bond acceptors (Lipinski definition) is 3. The largest absolute Gasteiger partial charge is 0.497 e. The summed E-state index contributed by atoms with van der Waals surface area (Å²) in [6.07, 6.45) is -0.113. The third-order valence-electron chi connectivity index (χ3n) is 2.16. The molecule has 0 fully saturated rings. The van der Waals surface area contributed by atoms with Crippen LogP contribution in [0.5, 0.6) is 5.75 Å². The Morgan fingerprint density at radius 1 is 1.47 bits per heavy atom. The number of aliphatic hydroxyl groups excluding tert-OH is 1. The number of primary amides is 1. The van der Waals surface area contributed by atoms with Crippen molar-refractivity contribution in [2.24, 2.45) is 5.73 Å². The molecule has 0 spiro atoms. The van der Waals surface area contributed by atoms with Crippen LogP contribution in [-0.4, -0.2) is 18.1 Å². The van der Waals surface area contributed by atoms with Gasteiger partial charge in [-0.3, -0.25) is 4.79 Å². The van der Waals surface area contributed by atoms with Crippen molar-refractivity contribution in [1.82, 2.24) is 0 Å². The van der Waals surface area contributed by atoms with E-state index in [1.54, 1.807) is 31.4 Å². The lowest BCUT2D eigenvalue weighted by Crippen LogP contribution is -2.12. The van der Waals surface area contributed by atoms with Crippen LogP contribution >= 0.6 is 0 Å². The number of methoxy groups -OCH3 is 1. The van der Waals surface area contributed by atoms with Crippen LogP contribution in [0.25, 0.3) is 0 Å². The fourth-order valence-electron chi connectivity index (χ4n) is 1.27. The van der Waals surface area contributed by atoms with Gasteiger partial charge < -0.3 is 15.6 Å². The average molecular weight is 209 g/mol. The maximum atomic E-state index is 10.5. The molecule has 3 N–H and O–H groups in total. The molecule has 1 rings (SSSR count). The van der Waals surface area contributed by atoms with Crippen molar-refractivity contribution in [3.05, 3.63) is 29.8 Å². The quantitative estimate of drug-likeness (QED) is 0.759. The average Bonchev–Trinajstić information content (AvgIpc) is 2.26. The van der Waals surface area contributed by atoms with Crippen molar-refractivity contribution < 1.29 is 14.6 Å². The standard InChI is InChI=1S/C11H15NO3/c1-15-9-4-2-8(3-5-9)10(13)6-7-11(12)14/h2-5,10,13H,6-7H2,1H3,(H2,12,14). The summed E-state index contributed by atoms with van der Waals surface area (Å²) in [7, 11) is 1.58. The molecule has 1 aromatic carbocycles. The molecule has 1 aromatic rings. The van der Waals surface area contributed by atoms with Gasteiger partial charge in [-0.2, -0.15) is 0 Å². The lowest BCUT2D eigenvalue weighted by atomic mass is 10.0. The van der Waals surface area contributed by atoms with E-state index >= 15 is 0 Å². The Kier molecular flexibility index (Phi) is 4.12. The number of amides is 1. The van der Waals surface area contributed by atoms with Crippen LogP contribution in [0.1, 0.15) is 24.5 Å². The van der Waals surface area contributed by atoms with Crippen molar-refractivity contribution in [2.75, 3.05) is 7.11 Å². The molecule has 0 heterocycles. The van der Waals surface area contributed by atoms with Gasteiger partial charge in [0, 0.05) is 6.42 Å². The third-order valence-corrected chi connectivity index (χ3v) is 2.16. The molecule has 0 saturated carbocycles. The summed E-state index contributed by atoms with van der Waals surface area (Å²) in [5.41, 5.74) is 5.76. The van der Waals surface area contributed by atoms with Crippen molar-refractivity contribution in [3.63, 3.8) is 0 Å². The Morgan fingerprint density at radius 3 is 2.53 bits per heavy atom. The Bertz CT molecular complexity index is 321. The lowest BCUT2D eigenvalue weighted by molar-refractivity contribution is -0.118. The van der Waals surface area contributed by atoms with Crippen LogP contribution in [0.15, 0.2) is 24.3 Å². The fourth-order valence-corrected chi connectivity index (χ4v) is 1.27. The predicted octanol–water partition coefficient (Wildman–Crippen LogP) is 0.994. The van der Waals surface area contributed by atoms with Gasteiger partial charge in [0.1, 0.15) is 5.75 Å². The summed E-state index contributed by atoms with van der Waals surface area (Å²) < 4.78 is 4.99. The first kappa shape index (κ1) is 11.5. The van der Waals surface area contributed by atoms with E-state index in [1.165, 1.54) is 0 Å². The zero-order valence-corrected chi connectivity index (χ0v) is 8.64. The van der Waals surface area contributed by atoms with Gasteiger partial charge in [0.2, 0.25) is 5.91 Å². The molecule has 1 amide bonds. The highest BCUT2D eigenvalue weighted by Gasteiger charge is 2.08. The summed E-state index contributed by atoms with van der Waals surface area (Å²) in [4.78, 5) is 10.5. The van der Waals surface area contributed by atoms with Gasteiger partial charge >= 0.3 is 0 Å². The number of carbonyl (C=O) groups excluding carboxylic acids is 1. The predicted molar refractivity (Wildman–Crippen MR) is 56.4 cm³/mol. The first-order valence-corrected chi connectivity index (χ1v) is 4.74. The minimum Gasteiger partial charge on any atom is -0.497 e. The second-order valence-electron chi connectivity index (χ2n) is 3.29. The second kappa shape index (κ2) is 5.36. The number of benzene rings is 1. The summed E-state index contributed by atoms with van der Waals surface area (Å²) >= 11 is 0. The molecule has 0 bridgehead atoms. The van der Waals surface area contributed by atoms with Crippen molar-refractivity contribution in [1.29, 1.82) is 0 Å². The molecule has 0 aliphatic heterocycles. The molecular weight excluding hydrogens is 194 g/mol. The first-order valence-electron chi connectivity index (χ1n) is 4.74. The van der Waals surface area contributed by atoms with Crippen LogP contribution in [0.4, 0.5) is 0 Å². The molecule has 0 saturated heterocycles. The SMILES string of the molecule is COc1ccc(C(O)CCC(N)=O)cc1. The number of hydrogen-bond donors (Lipinski definition) is 2. The van der Waals surface area contributed by atoms with Crippen LogP contribution in [-0.2, 0) is 4.79 Å². The highest BCUT2D eigenvalue weighted by atomic mass is 16.5. The van der Waals surface area contributed by atoms with Crippen LogP contribution in [0.3, 0.4) is 0 Å². The fraction of sp³-hybridized carbons (Fsp3) is 0.364. The van der Waals surface area contributed by atoms with Crippen LogP contribution in [0.2, 0.25) is 0 Å². The molecule has 1 atom stereocenters. The number of ether oxygens (including phenoxy) is 1. The zero-order valence-electron chi connectivity index (χ0n) is 8.64. The van der Waals surface area contributed by atoms with E-state index in [0.717, 1.165) is 11.3 Å². The Hall–Kier alpha value is -1.55. The maximum Gasteiger partial charge on any atom is 0.217 e. The Balaban J connectivity index is 2.57. The van der Waals surface area contributed by atoms with E-state index in [-0.39, 0.29) is 6.42 Å². The van der Waals surface area contributed by atoms with E-state index in [9.17, 15) is 9.90 Å². The molecular formula is C11H15NO3. The summed E-state index contributed by atoms with van der Waals surface area (Å²) in [6, 6.07) is 7.07. The number of aliphatic hydroxyl groups is 1. The van der Waals surface area contributed by atoms with E-state index in [1.807, 2.05) is 0 Å². The minimum atomic E-state index is -0.650. The smallest absolute Gasteiger partial charge is 0.217 e. The van der Waals surface area contributed by atoms with E-state index in [4.69, 9.17) is 10.5 Å². The van der Waals surface area contributed by atoms with Gasteiger partial charge in [-0.25, -0.2) is 0 Å². The molecule has 15 heavy (non-hydrogen) atoms. The lowest BCUT2D eigenvalue weighted by Gasteiger charge is -2.10. The van der Waals surface area contributed by atoms with E-state index in [0.29, 0.717) is 6.42 Å². The van der Waals surface area contributed by atoms with Gasteiger partial charge in [0.15, 0.2) is 0 Å². The number of carbonyl (C=O) groups is 1. The molecule has 82 valence electrons. The molecule has 4 nitrogen and oxygen atoms in total. The van der Waals surface area contributed by atoms with Gasteiger partial charge in [-0.15, -0.1) is 0 Å². The molecule has 0 aromatic heterocycles. The van der Waals surface area contributed by atoms with Crippen molar-refractivity contribution >= 4 is 5.91 Å². The monoisotopic (exact) mass is 209 g/mol. The first-order chi connectivity index (χ1) is 7.13. The number of rotatable bonds is 5. The third kappa shape index (κ3) is 3.59. The Labute approximate surface area is 88.7 Å². The van der Waals surface area contributed by atoms with Crippen molar-refractivity contribution in [2.45, 2.75) is 18.9 Å². The summed E-state index contributed by atoms with van der Waals surface area (Å²) in [6.45, 7) is 0. The minimum absolute atomic E-state index is 0.188. The zero-order chi connectivity index (χ0) is 11.3. The Morgan fingerprint density at radius 2 is 2.07 bits per heavy atom. The van der Waals surface area contributed by atoms with Gasteiger partial charge in [-0.1, -0.05) is 12.1 Å². The highest BCUT2D eigenvalue weighted by Crippen LogP contribution is 2.20. The highest BCUT2D eigenvalue weighted by molar-refractivity contribution is 5.73. The normalized spacial score (nSPS) is 12.1. The van der Waals surface area contributed by atoms with E-state index in [2.05, 4.69) is 0 Å². The molecule has 4 heteroatoms. The topological polar surface area (TPSA) is 72.6 Å². The van der Waals surface area contributed by atoms with Gasteiger partial charge in [0.05, 0.1) is 13.2 Å². The van der Waals surface area contributed by atoms with Crippen LogP contribution in [0, 0.1) is 0 Å². The molecule has 0 radical (unpaired) electrons. The second-order valence-corrected chi connectivity index (χ2v) is 3.29. The van der Waals surface area contributed by atoms with Crippen molar-refractivity contribution in [3.8, 4) is 5.75 Å².